The highest BCUT2D eigenvalue weighted by atomic mass is 16.5. The van der Waals surface area contributed by atoms with Crippen LogP contribution in [0.25, 0.3) is 17.0 Å². The zero-order valence-electron chi connectivity index (χ0n) is 10.9. The molecule has 0 aliphatic heterocycles. The number of hydrogen-bond acceptors (Lipinski definition) is 2. The van der Waals surface area contributed by atoms with Gasteiger partial charge in [0, 0.05) is 16.5 Å². The van der Waals surface area contributed by atoms with E-state index in [0.29, 0.717) is 12.3 Å². The Morgan fingerprint density at radius 1 is 1.33 bits per heavy atom. The van der Waals surface area contributed by atoms with E-state index in [4.69, 9.17) is 4.74 Å². The molecule has 0 radical (unpaired) electrons. The molecule has 0 spiro atoms. The second kappa shape index (κ2) is 5.08. The van der Waals surface area contributed by atoms with Crippen molar-refractivity contribution in [1.29, 1.82) is 0 Å². The van der Waals surface area contributed by atoms with E-state index < -0.39 is 0 Å². The molecule has 94 valence electrons. The predicted molar refractivity (Wildman–Crippen MR) is 73.6 cm³/mol. The van der Waals surface area contributed by atoms with Crippen molar-refractivity contribution in [2.24, 2.45) is 0 Å². The Bertz CT molecular complexity index is 604. The molecule has 0 amide bonds. The Labute approximate surface area is 106 Å². The lowest BCUT2D eigenvalue weighted by molar-refractivity contribution is 0.0520. The Balaban J connectivity index is 2.64. The molecule has 1 aromatic heterocycles. The molecule has 0 saturated heterocycles. The topological polar surface area (TPSA) is 42.1 Å². The van der Waals surface area contributed by atoms with Gasteiger partial charge in [-0.15, -0.1) is 0 Å². The van der Waals surface area contributed by atoms with Crippen molar-refractivity contribution in [2.75, 3.05) is 6.61 Å². The van der Waals surface area contributed by atoms with Gasteiger partial charge in [0.25, 0.3) is 0 Å². The normalized spacial score (nSPS) is 10.4. The van der Waals surface area contributed by atoms with Crippen LogP contribution in [0.5, 0.6) is 0 Å². The number of esters is 1. The number of benzene rings is 1. The molecule has 18 heavy (non-hydrogen) atoms. The third-order valence-corrected chi connectivity index (χ3v) is 2.66. The minimum Gasteiger partial charge on any atom is -0.461 e. The fourth-order valence-corrected chi connectivity index (χ4v) is 1.97. The zero-order chi connectivity index (χ0) is 13.1. The van der Waals surface area contributed by atoms with E-state index in [-0.39, 0.29) is 5.97 Å². The maximum atomic E-state index is 11.9. The maximum absolute atomic E-state index is 11.9. The minimum atomic E-state index is -0.304. The van der Waals surface area contributed by atoms with E-state index in [1.165, 1.54) is 0 Å². The maximum Gasteiger partial charge on any atom is 0.355 e. The van der Waals surface area contributed by atoms with Gasteiger partial charge in [0.05, 0.1) is 6.61 Å². The first kappa shape index (κ1) is 12.4. The zero-order valence-corrected chi connectivity index (χ0v) is 10.9. The van der Waals surface area contributed by atoms with Gasteiger partial charge in [-0.2, -0.15) is 0 Å². The molecule has 0 aliphatic rings. The predicted octanol–water partition coefficient (Wildman–Crippen LogP) is 3.77. The molecule has 0 atom stereocenters. The Kier molecular flexibility index (Phi) is 3.51. The number of fused-ring (bicyclic) bond motifs is 1. The van der Waals surface area contributed by atoms with Crippen LogP contribution in [0.2, 0.25) is 0 Å². The summed E-state index contributed by atoms with van der Waals surface area (Å²) in [7, 11) is 0. The summed E-state index contributed by atoms with van der Waals surface area (Å²) in [5.41, 5.74) is 3.53. The number of hydrogen-bond donors (Lipinski definition) is 1. The quantitative estimate of drug-likeness (QED) is 0.834. The lowest BCUT2D eigenvalue weighted by atomic mass is 10.1. The summed E-state index contributed by atoms with van der Waals surface area (Å²) in [5, 5.41) is 1.04. The van der Waals surface area contributed by atoms with E-state index in [1.54, 1.807) is 6.92 Å². The van der Waals surface area contributed by atoms with Crippen LogP contribution in [0.3, 0.4) is 0 Å². The monoisotopic (exact) mass is 243 g/mol. The number of carbonyl (C=O) groups excluding carboxylic acids is 1. The number of para-hydroxylation sites is 1. The average molecular weight is 243 g/mol. The molecule has 0 fully saturated rings. The Morgan fingerprint density at radius 3 is 2.72 bits per heavy atom. The second-order valence-electron chi connectivity index (χ2n) is 4.40. The molecule has 0 aliphatic carbocycles. The first-order valence-electron chi connectivity index (χ1n) is 6.06. The van der Waals surface area contributed by atoms with Crippen LogP contribution in [-0.4, -0.2) is 17.6 Å². The lowest BCUT2D eigenvalue weighted by Gasteiger charge is -2.01. The number of H-pyrrole nitrogens is 1. The van der Waals surface area contributed by atoms with Crippen molar-refractivity contribution >= 4 is 22.9 Å². The number of carbonyl (C=O) groups is 1. The Hall–Kier alpha value is -2.03. The molecule has 0 unspecified atom stereocenters. The molecule has 0 bridgehead atoms. The number of nitrogens with one attached hydrogen (secondary N) is 1. The SMILES string of the molecule is CCOC(=O)c1[nH]c2ccccc2c1C=C(C)C. The highest BCUT2D eigenvalue weighted by Gasteiger charge is 2.16. The second-order valence-corrected chi connectivity index (χ2v) is 4.40. The number of aromatic amines is 1. The number of allylic oxidation sites excluding steroid dienone is 1. The van der Waals surface area contributed by atoms with Gasteiger partial charge in [-0.25, -0.2) is 4.79 Å². The molecule has 2 aromatic rings. The molecule has 0 saturated carbocycles. The van der Waals surface area contributed by atoms with E-state index in [0.717, 1.165) is 22.0 Å². The van der Waals surface area contributed by atoms with Gasteiger partial charge in [-0.1, -0.05) is 29.8 Å². The van der Waals surface area contributed by atoms with Crippen molar-refractivity contribution < 1.29 is 9.53 Å². The van der Waals surface area contributed by atoms with Gasteiger partial charge < -0.3 is 9.72 Å². The summed E-state index contributed by atoms with van der Waals surface area (Å²) in [5.74, 6) is -0.304. The van der Waals surface area contributed by atoms with Gasteiger partial charge >= 0.3 is 5.97 Å². The molecule has 3 heteroatoms. The summed E-state index contributed by atoms with van der Waals surface area (Å²) in [6.07, 6.45) is 2.01. The molecule has 3 nitrogen and oxygen atoms in total. The van der Waals surface area contributed by atoms with Crippen molar-refractivity contribution in [3.05, 3.63) is 41.1 Å². The largest absolute Gasteiger partial charge is 0.461 e. The van der Waals surface area contributed by atoms with Crippen molar-refractivity contribution in [3.63, 3.8) is 0 Å². The summed E-state index contributed by atoms with van der Waals surface area (Å²) in [6.45, 7) is 6.21. The van der Waals surface area contributed by atoms with E-state index in [2.05, 4.69) is 4.98 Å². The smallest absolute Gasteiger partial charge is 0.355 e. The van der Waals surface area contributed by atoms with E-state index in [1.807, 2.05) is 44.2 Å². The first-order valence-corrected chi connectivity index (χ1v) is 6.06. The fraction of sp³-hybridized carbons (Fsp3) is 0.267. The number of rotatable bonds is 3. The van der Waals surface area contributed by atoms with Crippen LogP contribution in [0.1, 0.15) is 36.8 Å². The van der Waals surface area contributed by atoms with Crippen LogP contribution < -0.4 is 0 Å². The number of aromatic nitrogens is 1. The number of ether oxygens (including phenoxy) is 1. The van der Waals surface area contributed by atoms with Gasteiger partial charge in [-0.05, 0) is 26.8 Å². The molecular formula is C15H17NO2. The standard InChI is InChI=1S/C15H17NO2/c1-4-18-15(17)14-12(9-10(2)3)11-7-5-6-8-13(11)16-14/h5-9,16H,4H2,1-3H3. The van der Waals surface area contributed by atoms with Crippen molar-refractivity contribution in [1.82, 2.24) is 4.98 Å². The van der Waals surface area contributed by atoms with Crippen LogP contribution in [0.15, 0.2) is 29.8 Å². The lowest BCUT2D eigenvalue weighted by Crippen LogP contribution is -2.06. The summed E-state index contributed by atoms with van der Waals surface area (Å²) in [4.78, 5) is 15.1. The molecule has 1 N–H and O–H groups in total. The molecular weight excluding hydrogens is 226 g/mol. The molecule has 1 aromatic carbocycles. The highest BCUT2D eigenvalue weighted by molar-refractivity contribution is 6.02. The summed E-state index contributed by atoms with van der Waals surface area (Å²) < 4.78 is 5.08. The summed E-state index contributed by atoms with van der Waals surface area (Å²) >= 11 is 0. The van der Waals surface area contributed by atoms with Crippen LogP contribution in [-0.2, 0) is 4.74 Å². The van der Waals surface area contributed by atoms with E-state index >= 15 is 0 Å². The van der Waals surface area contributed by atoms with Gasteiger partial charge in [0.15, 0.2) is 0 Å². The van der Waals surface area contributed by atoms with Crippen molar-refractivity contribution in [3.8, 4) is 0 Å². The van der Waals surface area contributed by atoms with E-state index in [9.17, 15) is 4.79 Å². The van der Waals surface area contributed by atoms with Crippen LogP contribution >= 0.6 is 0 Å². The molecule has 2 rings (SSSR count). The molecule has 1 heterocycles. The van der Waals surface area contributed by atoms with Gasteiger partial charge in [-0.3, -0.25) is 0 Å². The van der Waals surface area contributed by atoms with Gasteiger partial charge in [0.1, 0.15) is 5.69 Å². The first-order chi connectivity index (χ1) is 8.63. The third-order valence-electron chi connectivity index (χ3n) is 2.66. The Morgan fingerprint density at radius 2 is 2.06 bits per heavy atom. The van der Waals surface area contributed by atoms with Crippen LogP contribution in [0, 0.1) is 0 Å². The third kappa shape index (κ3) is 2.30. The van der Waals surface area contributed by atoms with Crippen molar-refractivity contribution in [2.45, 2.75) is 20.8 Å². The minimum absolute atomic E-state index is 0.304. The van der Waals surface area contributed by atoms with Crippen LogP contribution in [0.4, 0.5) is 0 Å². The average Bonchev–Trinajstić information content (AvgIpc) is 2.68. The fourth-order valence-electron chi connectivity index (χ4n) is 1.97. The summed E-state index contributed by atoms with van der Waals surface area (Å²) in [6, 6.07) is 7.87. The van der Waals surface area contributed by atoms with Gasteiger partial charge in [0.2, 0.25) is 0 Å². The highest BCUT2D eigenvalue weighted by Crippen LogP contribution is 2.25.